The van der Waals surface area contributed by atoms with Crippen LogP contribution >= 0.6 is 11.8 Å². The molecule has 122 valence electrons. The van der Waals surface area contributed by atoms with Crippen molar-refractivity contribution in [3.05, 3.63) is 29.8 Å². The van der Waals surface area contributed by atoms with Crippen LogP contribution in [-0.4, -0.2) is 24.4 Å². The summed E-state index contributed by atoms with van der Waals surface area (Å²) in [5.74, 6) is 0.691. The Morgan fingerprint density at radius 1 is 1.36 bits per heavy atom. The number of rotatable bonds is 6. The van der Waals surface area contributed by atoms with Crippen molar-refractivity contribution >= 4 is 17.7 Å². The Bertz CT molecular complexity index is 474. The van der Waals surface area contributed by atoms with Gasteiger partial charge in [0.15, 0.2) is 0 Å². The standard InChI is InChI=1S/C18H27NO2S/c1-13-5-4-6-16(11-13)21-14(2)18(20)19-12-15-7-9-17(22-3)10-8-15/h7-10,13-14,16H,4-6,11-12H2,1-3H3,(H,19,20). The van der Waals surface area contributed by atoms with E-state index in [4.69, 9.17) is 4.74 Å². The average molecular weight is 321 g/mol. The number of hydrogen-bond donors (Lipinski definition) is 1. The van der Waals surface area contributed by atoms with Crippen LogP contribution in [0, 0.1) is 5.92 Å². The molecule has 3 atom stereocenters. The minimum atomic E-state index is -0.374. The second-order valence-corrected chi connectivity index (χ2v) is 7.12. The molecule has 22 heavy (non-hydrogen) atoms. The molecule has 1 aliphatic rings. The van der Waals surface area contributed by atoms with E-state index in [0.717, 1.165) is 18.4 Å². The van der Waals surface area contributed by atoms with Gasteiger partial charge in [-0.15, -0.1) is 11.8 Å². The summed E-state index contributed by atoms with van der Waals surface area (Å²) in [6.45, 7) is 4.67. The Morgan fingerprint density at radius 3 is 2.73 bits per heavy atom. The van der Waals surface area contributed by atoms with Crippen LogP contribution in [-0.2, 0) is 16.1 Å². The normalized spacial score (nSPS) is 23.0. The Morgan fingerprint density at radius 2 is 2.09 bits per heavy atom. The third-order valence-electron chi connectivity index (χ3n) is 4.28. The second kappa shape index (κ2) is 8.59. The lowest BCUT2D eigenvalue weighted by atomic mass is 9.88. The lowest BCUT2D eigenvalue weighted by molar-refractivity contribution is -0.137. The van der Waals surface area contributed by atoms with Gasteiger partial charge in [-0.05, 0) is 49.6 Å². The molecule has 0 saturated heterocycles. The van der Waals surface area contributed by atoms with Gasteiger partial charge in [0, 0.05) is 11.4 Å². The minimum absolute atomic E-state index is 0.0211. The minimum Gasteiger partial charge on any atom is -0.365 e. The van der Waals surface area contributed by atoms with Gasteiger partial charge in [0.1, 0.15) is 6.10 Å². The molecule has 3 unspecified atom stereocenters. The second-order valence-electron chi connectivity index (χ2n) is 6.24. The molecule has 0 aliphatic heterocycles. The molecule has 0 spiro atoms. The third kappa shape index (κ3) is 5.33. The number of benzene rings is 1. The van der Waals surface area contributed by atoms with Crippen molar-refractivity contribution < 1.29 is 9.53 Å². The van der Waals surface area contributed by atoms with Crippen molar-refractivity contribution in [2.24, 2.45) is 5.92 Å². The zero-order valence-corrected chi connectivity index (χ0v) is 14.6. The molecule has 1 fully saturated rings. The number of thioether (sulfide) groups is 1. The van der Waals surface area contributed by atoms with Crippen molar-refractivity contribution in [3.63, 3.8) is 0 Å². The zero-order chi connectivity index (χ0) is 15.9. The molecule has 1 aromatic rings. The fourth-order valence-electron chi connectivity index (χ4n) is 2.93. The maximum absolute atomic E-state index is 12.2. The Kier molecular flexibility index (Phi) is 6.77. The average Bonchev–Trinajstić information content (AvgIpc) is 2.53. The van der Waals surface area contributed by atoms with Crippen molar-refractivity contribution in [3.8, 4) is 0 Å². The summed E-state index contributed by atoms with van der Waals surface area (Å²) < 4.78 is 5.93. The molecular weight excluding hydrogens is 294 g/mol. The van der Waals surface area contributed by atoms with Gasteiger partial charge in [0.25, 0.3) is 0 Å². The molecule has 0 bridgehead atoms. The van der Waals surface area contributed by atoms with Crippen LogP contribution in [0.1, 0.15) is 45.1 Å². The molecule has 1 aromatic carbocycles. The number of hydrogen-bond acceptors (Lipinski definition) is 3. The molecule has 1 aliphatic carbocycles. The van der Waals surface area contributed by atoms with E-state index < -0.39 is 0 Å². The number of carbonyl (C=O) groups is 1. The topological polar surface area (TPSA) is 38.3 Å². The quantitative estimate of drug-likeness (QED) is 0.805. The van der Waals surface area contributed by atoms with E-state index in [2.05, 4.69) is 42.8 Å². The molecule has 3 nitrogen and oxygen atoms in total. The van der Waals surface area contributed by atoms with Gasteiger partial charge in [-0.3, -0.25) is 4.79 Å². The summed E-state index contributed by atoms with van der Waals surface area (Å²) in [5.41, 5.74) is 1.12. The first-order valence-electron chi connectivity index (χ1n) is 8.14. The first kappa shape index (κ1) is 17.4. The SMILES string of the molecule is CSc1ccc(CNC(=O)C(C)OC2CCCC(C)C2)cc1. The lowest BCUT2D eigenvalue weighted by Gasteiger charge is -2.29. The Labute approximate surface area is 138 Å². The van der Waals surface area contributed by atoms with E-state index in [-0.39, 0.29) is 18.1 Å². The van der Waals surface area contributed by atoms with Crippen molar-refractivity contribution in [2.75, 3.05) is 6.26 Å². The molecule has 4 heteroatoms. The smallest absolute Gasteiger partial charge is 0.249 e. The highest BCUT2D eigenvalue weighted by Gasteiger charge is 2.23. The lowest BCUT2D eigenvalue weighted by Crippen LogP contribution is -2.37. The molecule has 1 saturated carbocycles. The zero-order valence-electron chi connectivity index (χ0n) is 13.8. The number of ether oxygens (including phenoxy) is 1. The third-order valence-corrected chi connectivity index (χ3v) is 5.02. The summed E-state index contributed by atoms with van der Waals surface area (Å²) in [7, 11) is 0. The Hall–Kier alpha value is -1.00. The van der Waals surface area contributed by atoms with Gasteiger partial charge in [-0.2, -0.15) is 0 Å². The van der Waals surface area contributed by atoms with Gasteiger partial charge in [0.05, 0.1) is 6.10 Å². The highest BCUT2D eigenvalue weighted by atomic mass is 32.2. The van der Waals surface area contributed by atoms with E-state index in [9.17, 15) is 4.79 Å². The van der Waals surface area contributed by atoms with Gasteiger partial charge in [0.2, 0.25) is 5.91 Å². The molecule has 0 radical (unpaired) electrons. The van der Waals surface area contributed by atoms with Crippen LogP contribution in [0.25, 0.3) is 0 Å². The largest absolute Gasteiger partial charge is 0.365 e. The summed E-state index contributed by atoms with van der Waals surface area (Å²) in [5, 5.41) is 2.97. The fourth-order valence-corrected chi connectivity index (χ4v) is 3.34. The van der Waals surface area contributed by atoms with Gasteiger partial charge >= 0.3 is 0 Å². The number of nitrogens with one attached hydrogen (secondary N) is 1. The molecule has 0 heterocycles. The van der Waals surface area contributed by atoms with E-state index in [1.165, 1.54) is 17.7 Å². The molecule has 1 amide bonds. The molecule has 1 N–H and O–H groups in total. The van der Waals surface area contributed by atoms with E-state index in [1.54, 1.807) is 11.8 Å². The van der Waals surface area contributed by atoms with Crippen LogP contribution in [0.5, 0.6) is 0 Å². The van der Waals surface area contributed by atoms with Crippen molar-refractivity contribution in [1.29, 1.82) is 0 Å². The van der Waals surface area contributed by atoms with Crippen molar-refractivity contribution in [1.82, 2.24) is 5.32 Å². The van der Waals surface area contributed by atoms with E-state index in [1.807, 2.05) is 6.92 Å². The van der Waals surface area contributed by atoms with Gasteiger partial charge in [-0.1, -0.05) is 31.9 Å². The van der Waals surface area contributed by atoms with Crippen LogP contribution < -0.4 is 5.32 Å². The predicted octanol–water partition coefficient (Wildman–Crippen LogP) is 4.01. The van der Waals surface area contributed by atoms with Gasteiger partial charge < -0.3 is 10.1 Å². The van der Waals surface area contributed by atoms with Crippen molar-refractivity contribution in [2.45, 2.75) is 63.2 Å². The molecule has 2 rings (SSSR count). The van der Waals surface area contributed by atoms with Gasteiger partial charge in [-0.25, -0.2) is 0 Å². The maximum Gasteiger partial charge on any atom is 0.249 e. The van der Waals surface area contributed by atoms with E-state index in [0.29, 0.717) is 12.5 Å². The van der Waals surface area contributed by atoms with Crippen LogP contribution in [0.15, 0.2) is 29.2 Å². The van der Waals surface area contributed by atoms with Crippen LogP contribution in [0.4, 0.5) is 0 Å². The highest BCUT2D eigenvalue weighted by molar-refractivity contribution is 7.98. The molecule has 0 aromatic heterocycles. The maximum atomic E-state index is 12.2. The summed E-state index contributed by atoms with van der Waals surface area (Å²) in [4.78, 5) is 13.4. The van der Waals surface area contributed by atoms with Crippen LogP contribution in [0.3, 0.4) is 0 Å². The summed E-state index contributed by atoms with van der Waals surface area (Å²) >= 11 is 1.72. The van der Waals surface area contributed by atoms with Crippen LogP contribution in [0.2, 0.25) is 0 Å². The molecular formula is C18H27NO2S. The first-order chi connectivity index (χ1) is 10.6. The predicted molar refractivity (Wildman–Crippen MR) is 92.0 cm³/mol. The number of carbonyl (C=O) groups excluding carboxylic acids is 1. The summed E-state index contributed by atoms with van der Waals surface area (Å²) in [6.07, 6.45) is 6.58. The summed E-state index contributed by atoms with van der Waals surface area (Å²) in [6, 6.07) is 8.27. The Balaban J connectivity index is 1.75. The highest BCUT2D eigenvalue weighted by Crippen LogP contribution is 2.26. The number of amides is 1. The fraction of sp³-hybridized carbons (Fsp3) is 0.611. The monoisotopic (exact) mass is 321 g/mol. The first-order valence-corrected chi connectivity index (χ1v) is 9.37. The van der Waals surface area contributed by atoms with E-state index >= 15 is 0 Å².